The fraction of sp³-hybridized carbons (Fsp3) is 0.0800. The summed E-state index contributed by atoms with van der Waals surface area (Å²) in [4.78, 5) is 4.69. The van der Waals surface area contributed by atoms with E-state index >= 15 is 0 Å². The second kappa shape index (κ2) is 7.34. The molecule has 0 aliphatic rings. The molecule has 0 amide bonds. The molecular weight excluding hydrogens is 346 g/mol. The standard InChI is InChI=1S/C25H21NS/c1-17(2)26-22(19-10-5-4-6-11-19)16-18(3)20-13-9-15-24-25(20)21-12-7-8-14-23(21)27-24/h4-16H,1H2,2-3H3/b18-16+,26-22?. The highest BCUT2D eigenvalue weighted by atomic mass is 32.1. The number of thiophene rings is 1. The van der Waals surface area contributed by atoms with E-state index in [-0.39, 0.29) is 0 Å². The van der Waals surface area contributed by atoms with Gasteiger partial charge in [-0.15, -0.1) is 11.3 Å². The molecule has 132 valence electrons. The van der Waals surface area contributed by atoms with Crippen LogP contribution in [0.4, 0.5) is 0 Å². The molecule has 0 spiro atoms. The van der Waals surface area contributed by atoms with Crippen molar-refractivity contribution in [2.45, 2.75) is 13.8 Å². The molecule has 27 heavy (non-hydrogen) atoms. The van der Waals surface area contributed by atoms with Crippen LogP contribution in [0.5, 0.6) is 0 Å². The molecule has 2 heteroatoms. The van der Waals surface area contributed by atoms with Crippen molar-refractivity contribution in [3.63, 3.8) is 0 Å². The molecule has 0 atom stereocenters. The van der Waals surface area contributed by atoms with Crippen LogP contribution in [0.2, 0.25) is 0 Å². The van der Waals surface area contributed by atoms with E-state index in [4.69, 9.17) is 4.99 Å². The van der Waals surface area contributed by atoms with Gasteiger partial charge in [-0.05, 0) is 43.2 Å². The van der Waals surface area contributed by atoms with E-state index in [2.05, 4.69) is 74.2 Å². The second-order valence-corrected chi connectivity index (χ2v) is 7.79. The van der Waals surface area contributed by atoms with Gasteiger partial charge in [-0.2, -0.15) is 0 Å². The van der Waals surface area contributed by atoms with Crippen molar-refractivity contribution in [2.24, 2.45) is 4.99 Å². The lowest BCUT2D eigenvalue weighted by Crippen LogP contribution is -1.98. The lowest BCUT2D eigenvalue weighted by atomic mass is 9.98. The number of allylic oxidation sites excluding steroid dienone is 3. The Bertz CT molecular complexity index is 1190. The third-order valence-electron chi connectivity index (χ3n) is 4.56. The van der Waals surface area contributed by atoms with Gasteiger partial charge in [0.05, 0.1) is 5.71 Å². The maximum atomic E-state index is 4.69. The van der Waals surface area contributed by atoms with Crippen LogP contribution >= 0.6 is 11.3 Å². The number of hydrogen-bond donors (Lipinski definition) is 0. The quantitative estimate of drug-likeness (QED) is 0.331. The third-order valence-corrected chi connectivity index (χ3v) is 5.70. The van der Waals surface area contributed by atoms with Crippen molar-refractivity contribution in [3.8, 4) is 0 Å². The van der Waals surface area contributed by atoms with Gasteiger partial charge in [-0.25, -0.2) is 0 Å². The lowest BCUT2D eigenvalue weighted by Gasteiger charge is -2.08. The first-order valence-corrected chi connectivity index (χ1v) is 9.83. The van der Waals surface area contributed by atoms with E-state index in [0.29, 0.717) is 0 Å². The highest BCUT2D eigenvalue weighted by molar-refractivity contribution is 7.25. The van der Waals surface area contributed by atoms with Gasteiger partial charge in [-0.3, -0.25) is 4.99 Å². The first-order chi connectivity index (χ1) is 13.1. The van der Waals surface area contributed by atoms with Gasteiger partial charge < -0.3 is 0 Å². The molecule has 0 N–H and O–H groups in total. The Morgan fingerprint density at radius 2 is 1.56 bits per heavy atom. The number of nitrogens with zero attached hydrogens (tertiary/aromatic N) is 1. The molecule has 0 saturated heterocycles. The predicted octanol–water partition coefficient (Wildman–Crippen LogP) is 7.48. The molecule has 0 aliphatic carbocycles. The van der Waals surface area contributed by atoms with E-state index in [1.807, 2.05) is 36.5 Å². The molecular formula is C25H21NS. The molecule has 0 radical (unpaired) electrons. The number of hydrogen-bond acceptors (Lipinski definition) is 2. The van der Waals surface area contributed by atoms with Gasteiger partial charge in [0.2, 0.25) is 0 Å². The SMILES string of the molecule is C=C(C)N=C(/C=C(\C)c1cccc2sc3ccccc3c12)c1ccccc1. The Balaban J connectivity index is 1.91. The van der Waals surface area contributed by atoms with E-state index in [1.165, 1.54) is 31.3 Å². The Hall–Kier alpha value is -2.97. The van der Waals surface area contributed by atoms with Crippen molar-refractivity contribution in [1.82, 2.24) is 0 Å². The summed E-state index contributed by atoms with van der Waals surface area (Å²) in [6, 6.07) is 25.5. The molecule has 4 rings (SSSR count). The minimum absolute atomic E-state index is 0.803. The largest absolute Gasteiger partial charge is 0.254 e. The van der Waals surface area contributed by atoms with Crippen LogP contribution in [-0.4, -0.2) is 5.71 Å². The van der Waals surface area contributed by atoms with E-state index in [9.17, 15) is 0 Å². The van der Waals surface area contributed by atoms with Crippen LogP contribution < -0.4 is 0 Å². The molecule has 3 aromatic carbocycles. The molecule has 1 heterocycles. The molecule has 0 aliphatic heterocycles. The summed E-state index contributed by atoms with van der Waals surface area (Å²) < 4.78 is 2.64. The van der Waals surface area contributed by atoms with Gasteiger partial charge >= 0.3 is 0 Å². The summed E-state index contributed by atoms with van der Waals surface area (Å²) in [6.45, 7) is 8.06. The molecule has 1 nitrogen and oxygen atoms in total. The van der Waals surface area contributed by atoms with Crippen LogP contribution in [0.3, 0.4) is 0 Å². The Morgan fingerprint density at radius 1 is 0.852 bits per heavy atom. The van der Waals surface area contributed by atoms with E-state index in [1.54, 1.807) is 0 Å². The van der Waals surface area contributed by atoms with Crippen LogP contribution in [0.1, 0.15) is 25.0 Å². The Labute approximate surface area is 164 Å². The average molecular weight is 368 g/mol. The number of fused-ring (bicyclic) bond motifs is 3. The number of rotatable bonds is 4. The second-order valence-electron chi connectivity index (χ2n) is 6.70. The Kier molecular flexibility index (Phi) is 4.74. The van der Waals surface area contributed by atoms with Gasteiger partial charge in [0.15, 0.2) is 0 Å². The average Bonchev–Trinajstić information content (AvgIpc) is 3.06. The molecule has 0 fully saturated rings. The number of aliphatic imine (C=N–C) groups is 1. The van der Waals surface area contributed by atoms with Crippen LogP contribution in [0.15, 0.2) is 96.1 Å². The highest BCUT2D eigenvalue weighted by Gasteiger charge is 2.11. The predicted molar refractivity (Wildman–Crippen MR) is 121 cm³/mol. The smallest absolute Gasteiger partial charge is 0.0707 e. The summed E-state index contributed by atoms with van der Waals surface area (Å²) in [7, 11) is 0. The third kappa shape index (κ3) is 3.49. The zero-order chi connectivity index (χ0) is 18.8. The summed E-state index contributed by atoms with van der Waals surface area (Å²) in [5.41, 5.74) is 5.31. The monoisotopic (exact) mass is 367 g/mol. The van der Waals surface area contributed by atoms with Crippen LogP contribution in [0.25, 0.3) is 25.7 Å². The summed E-state index contributed by atoms with van der Waals surface area (Å²) in [5, 5.41) is 2.65. The van der Waals surface area contributed by atoms with Gasteiger partial charge in [0.25, 0.3) is 0 Å². The van der Waals surface area contributed by atoms with Crippen molar-refractivity contribution in [1.29, 1.82) is 0 Å². The van der Waals surface area contributed by atoms with Gasteiger partial charge in [0.1, 0.15) is 0 Å². The zero-order valence-electron chi connectivity index (χ0n) is 15.6. The lowest BCUT2D eigenvalue weighted by molar-refractivity contribution is 1.32. The first kappa shape index (κ1) is 17.4. The fourth-order valence-corrected chi connectivity index (χ4v) is 4.51. The first-order valence-electron chi connectivity index (χ1n) is 9.02. The maximum absolute atomic E-state index is 4.69. The summed E-state index contributed by atoms with van der Waals surface area (Å²) >= 11 is 1.85. The van der Waals surface area contributed by atoms with E-state index < -0.39 is 0 Å². The summed E-state index contributed by atoms with van der Waals surface area (Å²) in [5.74, 6) is 0. The molecule has 0 bridgehead atoms. The normalized spacial score (nSPS) is 12.7. The van der Waals surface area contributed by atoms with Crippen LogP contribution in [-0.2, 0) is 0 Å². The van der Waals surface area contributed by atoms with Crippen molar-refractivity contribution in [2.75, 3.05) is 0 Å². The fourth-order valence-electron chi connectivity index (χ4n) is 3.38. The number of benzene rings is 3. The minimum Gasteiger partial charge on any atom is -0.254 e. The van der Waals surface area contributed by atoms with Gasteiger partial charge in [0, 0.05) is 31.4 Å². The molecule has 4 aromatic rings. The Morgan fingerprint density at radius 3 is 2.33 bits per heavy atom. The van der Waals surface area contributed by atoms with Crippen molar-refractivity contribution >= 4 is 42.8 Å². The topological polar surface area (TPSA) is 12.4 Å². The highest BCUT2D eigenvalue weighted by Crippen LogP contribution is 2.38. The van der Waals surface area contributed by atoms with Crippen molar-refractivity contribution in [3.05, 3.63) is 102 Å². The molecule has 1 aromatic heterocycles. The summed E-state index contributed by atoms with van der Waals surface area (Å²) in [6.07, 6.45) is 2.17. The van der Waals surface area contributed by atoms with Gasteiger partial charge in [-0.1, -0.05) is 67.2 Å². The molecule has 0 unspecified atom stereocenters. The van der Waals surface area contributed by atoms with Crippen LogP contribution in [0, 0.1) is 0 Å². The molecule has 0 saturated carbocycles. The van der Waals surface area contributed by atoms with E-state index in [0.717, 1.165) is 17.0 Å². The minimum atomic E-state index is 0.803. The zero-order valence-corrected chi connectivity index (χ0v) is 16.4. The maximum Gasteiger partial charge on any atom is 0.0707 e. The van der Waals surface area contributed by atoms with Crippen molar-refractivity contribution < 1.29 is 0 Å².